The maximum Gasteiger partial charge on any atom is 0.176 e. The lowest BCUT2D eigenvalue weighted by Crippen LogP contribution is -2.04. The van der Waals surface area contributed by atoms with E-state index in [-0.39, 0.29) is 0 Å². The minimum Gasteiger partial charge on any atom is -0.456 e. The first-order chi connectivity index (χ1) is 4.93. The normalized spacial score (nSPS) is 8.50. The van der Waals surface area contributed by atoms with Gasteiger partial charge in [-0.15, -0.1) is 0 Å². The summed E-state index contributed by atoms with van der Waals surface area (Å²) in [7, 11) is 1.86. The van der Waals surface area contributed by atoms with E-state index in [0.717, 1.165) is 5.76 Å². The van der Waals surface area contributed by atoms with Crippen molar-refractivity contribution in [3.05, 3.63) is 24.2 Å². The molecule has 0 radical (unpaired) electrons. The molecule has 0 aliphatic rings. The van der Waals surface area contributed by atoms with Gasteiger partial charge in [0, 0.05) is 0 Å². The second-order valence-electron chi connectivity index (χ2n) is 1.81. The molecule has 10 heavy (non-hydrogen) atoms. The Morgan fingerprint density at radius 1 is 1.70 bits per heavy atom. The second-order valence-corrected chi connectivity index (χ2v) is 1.81. The standard InChI is InChI=1S/C8H9NO/c1-9-6-2-4-8-5-3-7-10-8/h3,5,7,9H,6H2,1H3. The summed E-state index contributed by atoms with van der Waals surface area (Å²) >= 11 is 0. The van der Waals surface area contributed by atoms with E-state index in [2.05, 4.69) is 17.2 Å². The number of hydrogen-bond acceptors (Lipinski definition) is 2. The first-order valence-electron chi connectivity index (χ1n) is 3.10. The molecule has 1 aromatic heterocycles. The summed E-state index contributed by atoms with van der Waals surface area (Å²) in [5.41, 5.74) is 0. The largest absolute Gasteiger partial charge is 0.456 e. The molecule has 0 aliphatic heterocycles. The van der Waals surface area contributed by atoms with E-state index in [0.29, 0.717) is 6.54 Å². The predicted octanol–water partition coefficient (Wildman–Crippen LogP) is 0.851. The van der Waals surface area contributed by atoms with Crippen LogP contribution in [0.25, 0.3) is 0 Å². The summed E-state index contributed by atoms with van der Waals surface area (Å²) in [5.74, 6) is 6.45. The SMILES string of the molecule is CNCC#Cc1ccco1. The lowest BCUT2D eigenvalue weighted by atomic mass is 10.4. The van der Waals surface area contributed by atoms with Crippen molar-refractivity contribution in [1.82, 2.24) is 5.32 Å². The molecule has 0 atom stereocenters. The average Bonchev–Trinajstić information content (AvgIpc) is 2.41. The molecule has 1 rings (SSSR count). The Hall–Kier alpha value is -1.20. The molecule has 0 bridgehead atoms. The molecule has 0 aliphatic carbocycles. The Bertz CT molecular complexity index is 228. The maximum absolute atomic E-state index is 4.98. The van der Waals surface area contributed by atoms with Crippen LogP contribution in [-0.2, 0) is 0 Å². The molecule has 0 saturated heterocycles. The lowest BCUT2D eigenvalue weighted by Gasteiger charge is -1.80. The fourth-order valence-electron chi connectivity index (χ4n) is 0.569. The highest BCUT2D eigenvalue weighted by Gasteiger charge is 1.83. The van der Waals surface area contributed by atoms with E-state index in [1.165, 1.54) is 0 Å². The number of rotatable bonds is 1. The molecular weight excluding hydrogens is 126 g/mol. The van der Waals surface area contributed by atoms with Crippen molar-refractivity contribution in [1.29, 1.82) is 0 Å². The third-order valence-electron chi connectivity index (χ3n) is 0.998. The van der Waals surface area contributed by atoms with Gasteiger partial charge in [-0.25, -0.2) is 0 Å². The van der Waals surface area contributed by atoms with Gasteiger partial charge in [0.15, 0.2) is 5.76 Å². The lowest BCUT2D eigenvalue weighted by molar-refractivity contribution is 0.554. The third-order valence-corrected chi connectivity index (χ3v) is 0.998. The molecule has 1 N–H and O–H groups in total. The molecule has 0 unspecified atom stereocenters. The molecule has 2 heteroatoms. The fraction of sp³-hybridized carbons (Fsp3) is 0.250. The summed E-state index contributed by atoms with van der Waals surface area (Å²) in [5, 5.41) is 2.91. The summed E-state index contributed by atoms with van der Waals surface area (Å²) < 4.78 is 4.98. The van der Waals surface area contributed by atoms with Crippen molar-refractivity contribution in [3.8, 4) is 11.8 Å². The van der Waals surface area contributed by atoms with Crippen molar-refractivity contribution < 1.29 is 4.42 Å². The van der Waals surface area contributed by atoms with Gasteiger partial charge in [-0.05, 0) is 25.1 Å². The minimum absolute atomic E-state index is 0.695. The highest BCUT2D eigenvalue weighted by Crippen LogP contribution is 1.95. The quantitative estimate of drug-likeness (QED) is 0.577. The average molecular weight is 135 g/mol. The molecular formula is C8H9NO. The Morgan fingerprint density at radius 3 is 3.20 bits per heavy atom. The van der Waals surface area contributed by atoms with Crippen molar-refractivity contribution in [2.45, 2.75) is 0 Å². The van der Waals surface area contributed by atoms with Gasteiger partial charge in [-0.2, -0.15) is 0 Å². The molecule has 0 fully saturated rings. The molecule has 1 heterocycles. The Morgan fingerprint density at radius 2 is 2.60 bits per heavy atom. The molecule has 2 nitrogen and oxygen atoms in total. The van der Waals surface area contributed by atoms with Crippen LogP contribution in [0.1, 0.15) is 5.76 Å². The van der Waals surface area contributed by atoms with E-state index < -0.39 is 0 Å². The number of hydrogen-bond donors (Lipinski definition) is 1. The fourth-order valence-corrected chi connectivity index (χ4v) is 0.569. The van der Waals surface area contributed by atoms with E-state index >= 15 is 0 Å². The van der Waals surface area contributed by atoms with Crippen molar-refractivity contribution in [2.75, 3.05) is 13.6 Å². The molecule has 52 valence electrons. The zero-order chi connectivity index (χ0) is 7.23. The predicted molar refractivity (Wildman–Crippen MR) is 39.5 cm³/mol. The Labute approximate surface area is 60.2 Å². The molecule has 0 amide bonds. The van der Waals surface area contributed by atoms with Crippen LogP contribution in [-0.4, -0.2) is 13.6 Å². The van der Waals surface area contributed by atoms with E-state index in [1.54, 1.807) is 6.26 Å². The smallest absolute Gasteiger partial charge is 0.176 e. The zero-order valence-electron chi connectivity index (χ0n) is 5.85. The van der Waals surface area contributed by atoms with Gasteiger partial charge in [0.05, 0.1) is 12.8 Å². The topological polar surface area (TPSA) is 25.2 Å². The summed E-state index contributed by atoms with van der Waals surface area (Å²) in [4.78, 5) is 0. The molecule has 0 saturated carbocycles. The first-order valence-corrected chi connectivity index (χ1v) is 3.10. The van der Waals surface area contributed by atoms with Gasteiger partial charge < -0.3 is 9.73 Å². The molecule has 0 aromatic carbocycles. The monoisotopic (exact) mass is 135 g/mol. The molecule has 0 spiro atoms. The van der Waals surface area contributed by atoms with E-state index in [4.69, 9.17) is 4.42 Å². The van der Waals surface area contributed by atoms with Crippen LogP contribution in [0.4, 0.5) is 0 Å². The number of furan rings is 1. The van der Waals surface area contributed by atoms with Gasteiger partial charge in [0.25, 0.3) is 0 Å². The summed E-state index contributed by atoms with van der Waals surface area (Å²) in [6, 6.07) is 3.66. The number of nitrogens with one attached hydrogen (secondary N) is 1. The zero-order valence-corrected chi connectivity index (χ0v) is 5.85. The van der Waals surface area contributed by atoms with Crippen molar-refractivity contribution in [3.63, 3.8) is 0 Å². The van der Waals surface area contributed by atoms with Crippen LogP contribution >= 0.6 is 0 Å². The Balaban J connectivity index is 2.49. The van der Waals surface area contributed by atoms with Crippen LogP contribution in [0.15, 0.2) is 22.8 Å². The first kappa shape index (κ1) is 6.91. The van der Waals surface area contributed by atoms with Crippen LogP contribution in [0, 0.1) is 11.8 Å². The van der Waals surface area contributed by atoms with Crippen molar-refractivity contribution in [2.24, 2.45) is 0 Å². The van der Waals surface area contributed by atoms with E-state index in [1.807, 2.05) is 19.2 Å². The Kier molecular flexibility index (Phi) is 2.60. The van der Waals surface area contributed by atoms with Gasteiger partial charge in [-0.3, -0.25) is 0 Å². The third kappa shape index (κ3) is 1.96. The highest BCUT2D eigenvalue weighted by molar-refractivity contribution is 5.24. The van der Waals surface area contributed by atoms with Crippen LogP contribution < -0.4 is 5.32 Å². The second kappa shape index (κ2) is 3.76. The van der Waals surface area contributed by atoms with Gasteiger partial charge in [0.2, 0.25) is 0 Å². The van der Waals surface area contributed by atoms with Crippen LogP contribution in [0.2, 0.25) is 0 Å². The summed E-state index contributed by atoms with van der Waals surface area (Å²) in [6.07, 6.45) is 1.61. The highest BCUT2D eigenvalue weighted by atomic mass is 16.3. The maximum atomic E-state index is 4.98. The van der Waals surface area contributed by atoms with E-state index in [9.17, 15) is 0 Å². The van der Waals surface area contributed by atoms with Crippen molar-refractivity contribution >= 4 is 0 Å². The van der Waals surface area contributed by atoms with Gasteiger partial charge in [-0.1, -0.05) is 5.92 Å². The van der Waals surface area contributed by atoms with Crippen LogP contribution in [0.5, 0.6) is 0 Å². The van der Waals surface area contributed by atoms with Gasteiger partial charge >= 0.3 is 0 Å². The minimum atomic E-state index is 0.695. The van der Waals surface area contributed by atoms with Crippen LogP contribution in [0.3, 0.4) is 0 Å². The molecule has 1 aromatic rings. The summed E-state index contributed by atoms with van der Waals surface area (Å²) in [6.45, 7) is 0.695. The van der Waals surface area contributed by atoms with Gasteiger partial charge in [0.1, 0.15) is 0 Å².